The summed E-state index contributed by atoms with van der Waals surface area (Å²) in [5.41, 5.74) is 0. The van der Waals surface area contributed by atoms with Gasteiger partial charge in [-0.05, 0) is 103 Å². The zero-order valence-electron chi connectivity index (χ0n) is 52.8. The van der Waals surface area contributed by atoms with Crippen LogP contribution in [0, 0.1) is 0 Å². The molecule has 5 nitrogen and oxygen atoms in total. The van der Waals surface area contributed by atoms with E-state index in [1.807, 2.05) is 0 Å². The molecule has 0 aliphatic carbocycles. The fourth-order valence-corrected chi connectivity index (χ4v) is 9.92. The van der Waals surface area contributed by atoms with Crippen LogP contribution in [0.1, 0.15) is 335 Å². The quantitative estimate of drug-likeness (QED) is 0.0373. The Balaban J connectivity index is 3.49. The molecule has 0 aliphatic rings. The monoisotopic (exact) mass is 1110 g/mol. The van der Waals surface area contributed by atoms with Crippen LogP contribution in [0.5, 0.6) is 0 Å². The summed E-state index contributed by atoms with van der Waals surface area (Å²) >= 11 is 0. The van der Waals surface area contributed by atoms with Gasteiger partial charge in [0.1, 0.15) is 6.61 Å². The molecule has 1 unspecified atom stereocenters. The van der Waals surface area contributed by atoms with Crippen molar-refractivity contribution in [1.29, 1.82) is 0 Å². The number of aliphatic hydroxyl groups excluding tert-OH is 1. The predicted molar refractivity (Wildman–Crippen MR) is 352 cm³/mol. The van der Waals surface area contributed by atoms with Crippen molar-refractivity contribution in [2.45, 2.75) is 341 Å². The van der Waals surface area contributed by atoms with Crippen LogP contribution < -0.4 is 0 Å². The van der Waals surface area contributed by atoms with Crippen LogP contribution in [0.2, 0.25) is 0 Å². The van der Waals surface area contributed by atoms with Crippen LogP contribution in [0.25, 0.3) is 0 Å². The SMILES string of the molecule is CC/C=C\C/C=C\C/C=C\C/C=C\C/C=C\C/C=C\C/C=C\C/C=C\CCCCCCCCCCC(=O)OC(CO)COC(=O)CCCCCCCCCCCCCCCCCCCCCCC/C=C\CCCCCCCCCC. The summed E-state index contributed by atoms with van der Waals surface area (Å²) in [6.07, 6.45) is 101. The van der Waals surface area contributed by atoms with Crippen molar-refractivity contribution in [1.82, 2.24) is 0 Å². The van der Waals surface area contributed by atoms with Crippen molar-refractivity contribution >= 4 is 11.9 Å². The standard InChI is InChI=1S/C75H130O5/c1-3-5-7-9-11-13-15-17-19-21-23-25-27-29-31-33-35-37-39-41-43-45-47-49-51-53-55-57-59-61-63-65-67-69-74(77)79-72-73(71-76)80-75(78)70-68-66-64-62-60-58-56-54-52-50-48-46-44-42-40-38-36-34-32-30-28-26-24-22-20-18-16-14-12-10-8-6-4-2/h6,8,12,14,18,20-21,23-24,26,30,32,36,38,42,44,48,50,73,76H,3-5,7,9-11,13,15-17,19,22,25,27-29,31,33-35,37,39-41,43,45-47,49,51-72H2,1-2H3/b8-6-,14-12-,20-18-,23-21-,26-24-,32-30-,38-36-,44-42-,50-48-. The second-order valence-electron chi connectivity index (χ2n) is 22.9. The lowest BCUT2D eigenvalue weighted by atomic mass is 10.0. The minimum absolute atomic E-state index is 0.0715. The van der Waals surface area contributed by atoms with Gasteiger partial charge >= 0.3 is 11.9 Å². The molecular formula is C75H130O5. The zero-order chi connectivity index (χ0) is 57.6. The second kappa shape index (κ2) is 69.8. The fourth-order valence-electron chi connectivity index (χ4n) is 9.92. The summed E-state index contributed by atoms with van der Waals surface area (Å²) in [4.78, 5) is 24.6. The molecule has 0 spiro atoms. The van der Waals surface area contributed by atoms with E-state index < -0.39 is 6.10 Å². The molecule has 0 rings (SSSR count). The highest BCUT2D eigenvalue weighted by molar-refractivity contribution is 5.70. The Morgan fingerprint density at radius 1 is 0.300 bits per heavy atom. The maximum atomic E-state index is 12.4. The molecule has 0 saturated carbocycles. The first-order valence-electron chi connectivity index (χ1n) is 34.4. The normalized spacial score (nSPS) is 12.9. The number of carbonyl (C=O) groups excluding carboxylic acids is 2. The van der Waals surface area contributed by atoms with Crippen molar-refractivity contribution in [2.24, 2.45) is 0 Å². The molecule has 0 aromatic heterocycles. The van der Waals surface area contributed by atoms with Crippen LogP contribution in [-0.2, 0) is 19.1 Å². The number of carbonyl (C=O) groups is 2. The van der Waals surface area contributed by atoms with Crippen LogP contribution in [-0.4, -0.2) is 36.4 Å². The summed E-state index contributed by atoms with van der Waals surface area (Å²) in [6, 6.07) is 0. The van der Waals surface area contributed by atoms with Gasteiger partial charge in [0.25, 0.3) is 0 Å². The number of rotatable bonds is 63. The molecule has 0 heterocycles. The number of unbranched alkanes of at least 4 members (excludes halogenated alkanes) is 37. The van der Waals surface area contributed by atoms with Crippen molar-refractivity contribution in [3.05, 3.63) is 109 Å². The Bertz CT molecular complexity index is 1540. The molecule has 0 aromatic carbocycles. The summed E-state index contributed by atoms with van der Waals surface area (Å²) in [6.45, 7) is 4.05. The summed E-state index contributed by atoms with van der Waals surface area (Å²) in [5, 5.41) is 9.70. The molecular weight excluding hydrogens is 981 g/mol. The molecule has 460 valence electrons. The smallest absolute Gasteiger partial charge is 0.306 e. The van der Waals surface area contributed by atoms with Gasteiger partial charge in [-0.25, -0.2) is 0 Å². The summed E-state index contributed by atoms with van der Waals surface area (Å²) in [5.74, 6) is -0.592. The van der Waals surface area contributed by atoms with Gasteiger partial charge in [0.15, 0.2) is 6.10 Å². The molecule has 0 bridgehead atoms. The number of allylic oxidation sites excluding steroid dienone is 18. The average molecular weight is 1110 g/mol. The molecule has 0 aliphatic heterocycles. The first kappa shape index (κ1) is 76.6. The average Bonchev–Trinajstić information content (AvgIpc) is 3.46. The van der Waals surface area contributed by atoms with Gasteiger partial charge in [-0.15, -0.1) is 0 Å². The van der Waals surface area contributed by atoms with Crippen molar-refractivity contribution in [2.75, 3.05) is 13.2 Å². The van der Waals surface area contributed by atoms with Crippen molar-refractivity contribution < 1.29 is 24.2 Å². The van der Waals surface area contributed by atoms with Gasteiger partial charge in [0.2, 0.25) is 0 Å². The van der Waals surface area contributed by atoms with Crippen LogP contribution in [0.3, 0.4) is 0 Å². The van der Waals surface area contributed by atoms with Crippen LogP contribution in [0.4, 0.5) is 0 Å². The van der Waals surface area contributed by atoms with Crippen LogP contribution >= 0.6 is 0 Å². The van der Waals surface area contributed by atoms with Gasteiger partial charge in [-0.2, -0.15) is 0 Å². The summed E-state index contributed by atoms with van der Waals surface area (Å²) < 4.78 is 10.8. The van der Waals surface area contributed by atoms with Crippen LogP contribution in [0.15, 0.2) is 109 Å². The number of hydrogen-bond acceptors (Lipinski definition) is 5. The summed E-state index contributed by atoms with van der Waals surface area (Å²) in [7, 11) is 0. The molecule has 1 N–H and O–H groups in total. The Hall–Kier alpha value is -3.44. The first-order valence-corrected chi connectivity index (χ1v) is 34.4. The molecule has 0 saturated heterocycles. The molecule has 0 fully saturated rings. The largest absolute Gasteiger partial charge is 0.462 e. The number of hydrogen-bond donors (Lipinski definition) is 1. The molecule has 0 radical (unpaired) electrons. The van der Waals surface area contributed by atoms with Crippen molar-refractivity contribution in [3.63, 3.8) is 0 Å². The lowest BCUT2D eigenvalue weighted by molar-refractivity contribution is -0.161. The Morgan fingerprint density at radius 2 is 0.537 bits per heavy atom. The molecule has 0 aromatic rings. The second-order valence-corrected chi connectivity index (χ2v) is 22.9. The highest BCUT2D eigenvalue weighted by Crippen LogP contribution is 2.17. The number of aliphatic hydroxyl groups is 1. The lowest BCUT2D eigenvalue weighted by Crippen LogP contribution is -2.28. The van der Waals surface area contributed by atoms with Gasteiger partial charge in [0.05, 0.1) is 6.61 Å². The maximum absolute atomic E-state index is 12.4. The van der Waals surface area contributed by atoms with E-state index in [1.165, 1.54) is 212 Å². The topological polar surface area (TPSA) is 72.8 Å². The van der Waals surface area contributed by atoms with E-state index in [9.17, 15) is 14.7 Å². The van der Waals surface area contributed by atoms with E-state index in [4.69, 9.17) is 9.47 Å². The highest BCUT2D eigenvalue weighted by atomic mass is 16.6. The van der Waals surface area contributed by atoms with Gasteiger partial charge in [0, 0.05) is 12.8 Å². The molecule has 5 heteroatoms. The first-order chi connectivity index (χ1) is 39.6. The third-order valence-corrected chi connectivity index (χ3v) is 15.1. The van der Waals surface area contributed by atoms with E-state index in [-0.39, 0.29) is 25.2 Å². The molecule has 0 amide bonds. The molecule has 1 atom stereocenters. The van der Waals surface area contributed by atoms with Gasteiger partial charge in [-0.1, -0.05) is 329 Å². The van der Waals surface area contributed by atoms with Crippen molar-refractivity contribution in [3.8, 4) is 0 Å². The maximum Gasteiger partial charge on any atom is 0.306 e. The minimum atomic E-state index is -0.784. The Morgan fingerprint density at radius 3 is 0.825 bits per heavy atom. The number of esters is 2. The van der Waals surface area contributed by atoms with Gasteiger partial charge < -0.3 is 14.6 Å². The lowest BCUT2D eigenvalue weighted by Gasteiger charge is -2.15. The third kappa shape index (κ3) is 67.1. The predicted octanol–water partition coefficient (Wildman–Crippen LogP) is 24.0. The Kier molecular flexibility index (Phi) is 66.8. The van der Waals surface area contributed by atoms with E-state index in [0.29, 0.717) is 12.8 Å². The van der Waals surface area contributed by atoms with Gasteiger partial charge in [-0.3, -0.25) is 9.59 Å². The third-order valence-electron chi connectivity index (χ3n) is 15.1. The zero-order valence-corrected chi connectivity index (χ0v) is 52.8. The molecule has 80 heavy (non-hydrogen) atoms. The fraction of sp³-hybridized carbons (Fsp3) is 0.733. The number of ether oxygens (including phenoxy) is 2. The van der Waals surface area contributed by atoms with E-state index in [2.05, 4.69) is 123 Å². The van der Waals surface area contributed by atoms with E-state index >= 15 is 0 Å². The highest BCUT2D eigenvalue weighted by Gasteiger charge is 2.16. The van der Waals surface area contributed by atoms with E-state index in [1.54, 1.807) is 0 Å². The minimum Gasteiger partial charge on any atom is -0.462 e. The van der Waals surface area contributed by atoms with E-state index in [0.717, 1.165) is 96.3 Å². The Labute approximate surface area is 497 Å².